The number of nitrogens with zero attached hydrogens (tertiary/aromatic N) is 2. The highest BCUT2D eigenvalue weighted by molar-refractivity contribution is 6.02. The molecule has 2 rings (SSSR count). The maximum absolute atomic E-state index is 12.0. The first-order chi connectivity index (χ1) is 10.1. The van der Waals surface area contributed by atoms with Crippen molar-refractivity contribution in [3.8, 4) is 0 Å². The number of hydrogen-bond acceptors (Lipinski definition) is 4. The van der Waals surface area contributed by atoms with Crippen LogP contribution in [0.3, 0.4) is 0 Å². The van der Waals surface area contributed by atoms with Crippen LogP contribution < -0.4 is 10.9 Å². The second-order valence-electron chi connectivity index (χ2n) is 4.24. The lowest BCUT2D eigenvalue weighted by molar-refractivity contribution is -0.137. The van der Waals surface area contributed by atoms with Crippen molar-refractivity contribution in [3.63, 3.8) is 0 Å². The number of nitrogens with one attached hydrogen (secondary N) is 1. The van der Waals surface area contributed by atoms with Gasteiger partial charge in [-0.3, -0.25) is 14.4 Å². The summed E-state index contributed by atoms with van der Waals surface area (Å²) < 4.78 is 0.966. The fourth-order valence-electron chi connectivity index (χ4n) is 1.65. The van der Waals surface area contributed by atoms with Gasteiger partial charge in [0.1, 0.15) is 5.69 Å². The Balaban J connectivity index is 2.16. The molecule has 1 heterocycles. The van der Waals surface area contributed by atoms with Gasteiger partial charge in [0, 0.05) is 11.8 Å². The Morgan fingerprint density at radius 2 is 1.86 bits per heavy atom. The van der Waals surface area contributed by atoms with Crippen molar-refractivity contribution in [2.75, 3.05) is 5.32 Å². The lowest BCUT2D eigenvalue weighted by Crippen LogP contribution is -2.27. The van der Waals surface area contributed by atoms with Gasteiger partial charge in [-0.15, -0.1) is 0 Å². The normalized spacial score (nSPS) is 10.1. The molecule has 2 N–H and O–H groups in total. The van der Waals surface area contributed by atoms with Crippen molar-refractivity contribution in [2.45, 2.75) is 13.0 Å². The fraction of sp³-hybridized carbons (Fsp3) is 0.143. The average molecular weight is 287 g/mol. The Morgan fingerprint density at radius 1 is 1.14 bits per heavy atom. The molecule has 0 saturated heterocycles. The van der Waals surface area contributed by atoms with Crippen molar-refractivity contribution < 1.29 is 14.7 Å². The van der Waals surface area contributed by atoms with Gasteiger partial charge in [-0.25, -0.2) is 4.68 Å². The predicted molar refractivity (Wildman–Crippen MR) is 75.1 cm³/mol. The molecule has 0 aliphatic heterocycles. The van der Waals surface area contributed by atoms with Gasteiger partial charge in [-0.2, -0.15) is 5.10 Å². The zero-order valence-electron chi connectivity index (χ0n) is 11.0. The first-order valence-electron chi connectivity index (χ1n) is 6.22. The van der Waals surface area contributed by atoms with Crippen LogP contribution in [0.1, 0.15) is 16.9 Å². The molecule has 0 spiro atoms. The Kier molecular flexibility index (Phi) is 4.45. The third-order valence-electron chi connectivity index (χ3n) is 2.67. The fourth-order valence-corrected chi connectivity index (χ4v) is 1.65. The summed E-state index contributed by atoms with van der Waals surface area (Å²) >= 11 is 0. The summed E-state index contributed by atoms with van der Waals surface area (Å²) in [6.45, 7) is -0.0827. The molecule has 7 nitrogen and oxygen atoms in total. The van der Waals surface area contributed by atoms with Crippen LogP contribution in [0.2, 0.25) is 0 Å². The zero-order chi connectivity index (χ0) is 15.2. The lowest BCUT2D eigenvalue weighted by Gasteiger charge is -2.07. The number of aromatic nitrogens is 2. The van der Waals surface area contributed by atoms with E-state index in [2.05, 4.69) is 10.4 Å². The Hall–Kier alpha value is -2.96. The molecule has 21 heavy (non-hydrogen) atoms. The van der Waals surface area contributed by atoms with E-state index >= 15 is 0 Å². The number of aryl methyl sites for hydroxylation is 1. The van der Waals surface area contributed by atoms with Gasteiger partial charge in [-0.1, -0.05) is 18.2 Å². The van der Waals surface area contributed by atoms with Crippen molar-refractivity contribution in [1.29, 1.82) is 0 Å². The van der Waals surface area contributed by atoms with Crippen molar-refractivity contribution in [3.05, 3.63) is 58.5 Å². The van der Waals surface area contributed by atoms with Gasteiger partial charge in [-0.05, 0) is 18.2 Å². The monoisotopic (exact) mass is 287 g/mol. The van der Waals surface area contributed by atoms with Crippen LogP contribution in [-0.4, -0.2) is 26.8 Å². The van der Waals surface area contributed by atoms with E-state index in [1.165, 1.54) is 12.1 Å². The van der Waals surface area contributed by atoms with Crippen molar-refractivity contribution >= 4 is 17.6 Å². The van der Waals surface area contributed by atoms with Crippen LogP contribution in [-0.2, 0) is 11.3 Å². The molecule has 0 unspecified atom stereocenters. The van der Waals surface area contributed by atoms with Crippen LogP contribution in [0, 0.1) is 0 Å². The van der Waals surface area contributed by atoms with E-state index in [1.54, 1.807) is 24.3 Å². The van der Waals surface area contributed by atoms with E-state index in [9.17, 15) is 14.4 Å². The van der Waals surface area contributed by atoms with E-state index < -0.39 is 17.4 Å². The van der Waals surface area contributed by atoms with Crippen LogP contribution in [0.25, 0.3) is 0 Å². The van der Waals surface area contributed by atoms with Crippen LogP contribution in [0.5, 0.6) is 0 Å². The van der Waals surface area contributed by atoms with Gasteiger partial charge < -0.3 is 10.4 Å². The number of carbonyl (C=O) groups is 2. The zero-order valence-corrected chi connectivity index (χ0v) is 11.0. The second kappa shape index (κ2) is 6.47. The third-order valence-corrected chi connectivity index (χ3v) is 2.67. The van der Waals surface area contributed by atoms with Crippen molar-refractivity contribution in [2.24, 2.45) is 0 Å². The summed E-state index contributed by atoms with van der Waals surface area (Å²) in [5.41, 5.74) is 0.198. The van der Waals surface area contributed by atoms with E-state index in [4.69, 9.17) is 5.11 Å². The second-order valence-corrected chi connectivity index (χ2v) is 4.24. The van der Waals surface area contributed by atoms with E-state index in [0.29, 0.717) is 5.69 Å². The van der Waals surface area contributed by atoms with Gasteiger partial charge in [0.2, 0.25) is 0 Å². The molecular formula is C14H13N3O4. The third kappa shape index (κ3) is 4.00. The highest BCUT2D eigenvalue weighted by Crippen LogP contribution is 2.06. The highest BCUT2D eigenvalue weighted by Gasteiger charge is 2.10. The average Bonchev–Trinajstić information content (AvgIpc) is 2.47. The molecule has 108 valence electrons. The van der Waals surface area contributed by atoms with Crippen LogP contribution in [0.4, 0.5) is 5.69 Å². The minimum Gasteiger partial charge on any atom is -0.481 e. The number of amides is 1. The smallest absolute Gasteiger partial charge is 0.305 e. The van der Waals surface area contributed by atoms with Crippen LogP contribution >= 0.6 is 0 Å². The summed E-state index contributed by atoms with van der Waals surface area (Å²) in [5, 5.41) is 15.1. The molecule has 0 atom stereocenters. The summed E-state index contributed by atoms with van der Waals surface area (Å²) in [6, 6.07) is 11.3. The predicted octanol–water partition coefficient (Wildman–Crippen LogP) is 0.970. The quantitative estimate of drug-likeness (QED) is 0.853. The largest absolute Gasteiger partial charge is 0.481 e. The van der Waals surface area contributed by atoms with E-state index in [1.807, 2.05) is 6.07 Å². The minimum atomic E-state index is -1.04. The molecule has 7 heteroatoms. The summed E-state index contributed by atoms with van der Waals surface area (Å²) in [7, 11) is 0. The maximum Gasteiger partial charge on any atom is 0.305 e. The van der Waals surface area contributed by atoms with Gasteiger partial charge in [0.25, 0.3) is 11.5 Å². The number of rotatable bonds is 5. The molecule has 0 bridgehead atoms. The molecule has 1 aromatic heterocycles. The molecule has 0 aliphatic rings. The standard InChI is InChI=1S/C14H13N3O4/c18-12-7-6-11(16-17(12)9-8-13(19)20)14(21)15-10-4-2-1-3-5-10/h1-7H,8-9H2,(H,15,21)(H,19,20). The number of carboxylic acid groups (broad SMARTS) is 1. The summed E-state index contributed by atoms with van der Waals surface area (Å²) in [6.07, 6.45) is -0.239. The molecule has 0 radical (unpaired) electrons. The summed E-state index contributed by atoms with van der Waals surface area (Å²) in [5.74, 6) is -1.51. The Morgan fingerprint density at radius 3 is 2.52 bits per heavy atom. The Bertz CT molecular complexity index is 710. The molecular weight excluding hydrogens is 274 g/mol. The van der Waals surface area contributed by atoms with Gasteiger partial charge in [0.15, 0.2) is 0 Å². The molecule has 1 aromatic carbocycles. The number of aliphatic carboxylic acids is 1. The number of hydrogen-bond donors (Lipinski definition) is 2. The number of para-hydroxylation sites is 1. The number of benzene rings is 1. The first kappa shape index (κ1) is 14.4. The van der Waals surface area contributed by atoms with Crippen molar-refractivity contribution in [1.82, 2.24) is 9.78 Å². The maximum atomic E-state index is 12.0. The number of carbonyl (C=O) groups excluding carboxylic acids is 1. The first-order valence-corrected chi connectivity index (χ1v) is 6.22. The number of anilines is 1. The minimum absolute atomic E-state index is 0.0452. The molecule has 0 fully saturated rings. The van der Waals surface area contributed by atoms with E-state index in [0.717, 1.165) is 4.68 Å². The molecule has 0 aliphatic carbocycles. The summed E-state index contributed by atoms with van der Waals surface area (Å²) in [4.78, 5) is 34.1. The van der Waals surface area contributed by atoms with Gasteiger partial charge >= 0.3 is 5.97 Å². The Labute approximate surface area is 119 Å². The molecule has 0 saturated carbocycles. The van der Waals surface area contributed by atoms with E-state index in [-0.39, 0.29) is 18.7 Å². The lowest BCUT2D eigenvalue weighted by atomic mass is 10.3. The highest BCUT2D eigenvalue weighted by atomic mass is 16.4. The van der Waals surface area contributed by atoms with Gasteiger partial charge in [0.05, 0.1) is 13.0 Å². The van der Waals surface area contributed by atoms with Crippen LogP contribution in [0.15, 0.2) is 47.3 Å². The molecule has 2 aromatic rings. The SMILES string of the molecule is O=C(O)CCn1nc(C(=O)Nc2ccccc2)ccc1=O. The number of carboxylic acids is 1. The molecule has 1 amide bonds. The topological polar surface area (TPSA) is 101 Å².